The van der Waals surface area contributed by atoms with Gasteiger partial charge in [-0.25, -0.2) is 0 Å². The van der Waals surface area contributed by atoms with Gasteiger partial charge in [0, 0.05) is 11.1 Å². The van der Waals surface area contributed by atoms with Crippen molar-refractivity contribution in [1.29, 1.82) is 0 Å². The molecule has 2 N–H and O–H groups in total. The molecule has 0 aliphatic rings. The van der Waals surface area contributed by atoms with Crippen LogP contribution >= 0.6 is 0 Å². The maximum atomic E-state index is 12.3. The van der Waals surface area contributed by atoms with E-state index in [-0.39, 0.29) is 18.2 Å². The molecule has 9 heteroatoms. The maximum absolute atomic E-state index is 12.3. The second kappa shape index (κ2) is 7.60. The number of nitrogens with zero attached hydrogens (tertiary/aromatic N) is 2. The molecule has 1 heterocycles. The lowest BCUT2D eigenvalue weighted by molar-refractivity contribution is -0.119. The Bertz CT molecular complexity index is 897. The van der Waals surface area contributed by atoms with Gasteiger partial charge in [0.1, 0.15) is 11.5 Å². The van der Waals surface area contributed by atoms with Crippen molar-refractivity contribution in [3.8, 4) is 34.3 Å². The summed E-state index contributed by atoms with van der Waals surface area (Å²) in [6, 6.07) is 12.6. The number of alkyl halides is 2. The number of carbonyl (C=O) groups is 1. The van der Waals surface area contributed by atoms with Crippen LogP contribution in [0.25, 0.3) is 22.8 Å². The van der Waals surface area contributed by atoms with Gasteiger partial charge in [-0.3, -0.25) is 4.79 Å². The Hall–Kier alpha value is -3.49. The molecule has 7 nitrogen and oxygen atoms in total. The molecular formula is C17H13F2N3O4. The fraction of sp³-hybridized carbons (Fsp3) is 0.118. The molecule has 0 radical (unpaired) electrons. The van der Waals surface area contributed by atoms with Crippen molar-refractivity contribution in [1.82, 2.24) is 10.1 Å². The van der Waals surface area contributed by atoms with E-state index in [0.29, 0.717) is 22.7 Å². The van der Waals surface area contributed by atoms with E-state index in [1.54, 1.807) is 36.4 Å². The Kier molecular flexibility index (Phi) is 5.07. The lowest BCUT2D eigenvalue weighted by atomic mass is 10.2. The van der Waals surface area contributed by atoms with E-state index in [2.05, 4.69) is 14.9 Å². The molecule has 3 rings (SSSR count). The molecule has 0 saturated heterocycles. The van der Waals surface area contributed by atoms with Gasteiger partial charge in [-0.05, 0) is 42.5 Å². The van der Waals surface area contributed by atoms with Crippen LogP contribution < -0.4 is 15.2 Å². The molecule has 0 fully saturated rings. The number of primary amides is 1. The molecule has 1 aromatic heterocycles. The van der Waals surface area contributed by atoms with Gasteiger partial charge in [0.15, 0.2) is 6.61 Å². The number of amides is 1. The molecule has 2 aromatic carbocycles. The molecule has 1 amide bonds. The van der Waals surface area contributed by atoms with Crippen molar-refractivity contribution in [2.45, 2.75) is 6.61 Å². The van der Waals surface area contributed by atoms with Crippen molar-refractivity contribution in [2.24, 2.45) is 5.73 Å². The first kappa shape index (κ1) is 17.3. The van der Waals surface area contributed by atoms with Crippen LogP contribution in [0.2, 0.25) is 0 Å². The quantitative estimate of drug-likeness (QED) is 0.694. The minimum absolute atomic E-state index is 0.00629. The molecule has 3 aromatic rings. The average molecular weight is 361 g/mol. The minimum Gasteiger partial charge on any atom is -0.484 e. The van der Waals surface area contributed by atoms with Crippen molar-refractivity contribution in [2.75, 3.05) is 6.61 Å². The summed E-state index contributed by atoms with van der Waals surface area (Å²) >= 11 is 0. The molecule has 0 bridgehead atoms. The highest BCUT2D eigenvalue weighted by atomic mass is 19.3. The predicted octanol–water partition coefficient (Wildman–Crippen LogP) is 2.87. The van der Waals surface area contributed by atoms with E-state index in [4.69, 9.17) is 15.0 Å². The van der Waals surface area contributed by atoms with Crippen LogP contribution in [-0.2, 0) is 4.79 Å². The van der Waals surface area contributed by atoms with Gasteiger partial charge in [0.05, 0.1) is 0 Å². The van der Waals surface area contributed by atoms with Gasteiger partial charge in [-0.1, -0.05) is 11.2 Å². The SMILES string of the molecule is NC(=O)COc1ccc(-c2noc(-c3cccc(OC(F)F)c3)n2)cc1. The van der Waals surface area contributed by atoms with Gasteiger partial charge < -0.3 is 19.7 Å². The Morgan fingerprint density at radius 1 is 1.12 bits per heavy atom. The van der Waals surface area contributed by atoms with Crippen LogP contribution in [-0.4, -0.2) is 29.3 Å². The number of hydrogen-bond acceptors (Lipinski definition) is 6. The van der Waals surface area contributed by atoms with E-state index in [9.17, 15) is 13.6 Å². The first-order valence-corrected chi connectivity index (χ1v) is 7.42. The number of ether oxygens (including phenoxy) is 2. The third-order valence-electron chi connectivity index (χ3n) is 3.23. The predicted molar refractivity (Wildman–Crippen MR) is 86.5 cm³/mol. The second-order valence-electron chi connectivity index (χ2n) is 5.11. The zero-order valence-electron chi connectivity index (χ0n) is 13.3. The minimum atomic E-state index is -2.92. The average Bonchev–Trinajstić information content (AvgIpc) is 3.10. The summed E-state index contributed by atoms with van der Waals surface area (Å²) in [6.45, 7) is -3.14. The fourth-order valence-electron chi connectivity index (χ4n) is 2.12. The van der Waals surface area contributed by atoms with Gasteiger partial charge in [0.25, 0.3) is 11.8 Å². The van der Waals surface area contributed by atoms with Crippen LogP contribution in [0, 0.1) is 0 Å². The maximum Gasteiger partial charge on any atom is 0.387 e. The molecule has 134 valence electrons. The van der Waals surface area contributed by atoms with Gasteiger partial charge >= 0.3 is 6.61 Å². The molecule has 0 spiro atoms. The first-order chi connectivity index (χ1) is 12.5. The Morgan fingerprint density at radius 2 is 1.88 bits per heavy atom. The summed E-state index contributed by atoms with van der Waals surface area (Å²) in [7, 11) is 0. The molecule has 0 unspecified atom stereocenters. The summed E-state index contributed by atoms with van der Waals surface area (Å²) in [4.78, 5) is 14.9. The van der Waals surface area contributed by atoms with E-state index in [0.717, 1.165) is 0 Å². The Balaban J connectivity index is 1.76. The van der Waals surface area contributed by atoms with Crippen LogP contribution in [0.1, 0.15) is 0 Å². The third kappa shape index (κ3) is 4.32. The largest absolute Gasteiger partial charge is 0.484 e. The first-order valence-electron chi connectivity index (χ1n) is 7.42. The van der Waals surface area contributed by atoms with E-state index >= 15 is 0 Å². The molecule has 26 heavy (non-hydrogen) atoms. The van der Waals surface area contributed by atoms with Crippen molar-refractivity contribution in [3.63, 3.8) is 0 Å². The Labute approximate surface area is 146 Å². The molecule has 0 saturated carbocycles. The highest BCUT2D eigenvalue weighted by Gasteiger charge is 2.13. The smallest absolute Gasteiger partial charge is 0.387 e. The van der Waals surface area contributed by atoms with Crippen LogP contribution in [0.4, 0.5) is 8.78 Å². The number of rotatable bonds is 7. The Morgan fingerprint density at radius 3 is 2.58 bits per heavy atom. The van der Waals surface area contributed by atoms with E-state index < -0.39 is 12.5 Å². The normalized spacial score (nSPS) is 10.7. The number of hydrogen-bond donors (Lipinski definition) is 1. The number of nitrogens with two attached hydrogens (primary N) is 1. The second-order valence-corrected chi connectivity index (χ2v) is 5.11. The summed E-state index contributed by atoms with van der Waals surface area (Å²) in [5.74, 6) is 0.353. The number of benzene rings is 2. The number of aromatic nitrogens is 2. The third-order valence-corrected chi connectivity index (χ3v) is 3.23. The molecule has 0 atom stereocenters. The van der Waals surface area contributed by atoms with Gasteiger partial charge in [0.2, 0.25) is 5.82 Å². The number of halogens is 2. The van der Waals surface area contributed by atoms with E-state index in [1.165, 1.54) is 12.1 Å². The highest BCUT2D eigenvalue weighted by molar-refractivity contribution is 5.75. The summed E-state index contributed by atoms with van der Waals surface area (Å²) < 4.78 is 39.3. The topological polar surface area (TPSA) is 100 Å². The van der Waals surface area contributed by atoms with Crippen molar-refractivity contribution < 1.29 is 27.6 Å². The number of carbonyl (C=O) groups excluding carboxylic acids is 1. The van der Waals surface area contributed by atoms with Crippen LogP contribution in [0.15, 0.2) is 53.1 Å². The standard InChI is InChI=1S/C17H13F2N3O4/c18-17(19)25-13-3-1-2-11(8-13)16-21-15(22-26-16)10-4-6-12(7-5-10)24-9-14(20)23/h1-8,17H,9H2,(H2,20,23). The monoisotopic (exact) mass is 361 g/mol. The van der Waals surface area contributed by atoms with Crippen LogP contribution in [0.5, 0.6) is 11.5 Å². The van der Waals surface area contributed by atoms with Crippen molar-refractivity contribution in [3.05, 3.63) is 48.5 Å². The summed E-state index contributed by atoms with van der Waals surface area (Å²) in [6.07, 6.45) is 0. The van der Waals surface area contributed by atoms with Crippen LogP contribution in [0.3, 0.4) is 0 Å². The van der Waals surface area contributed by atoms with Gasteiger partial charge in [-0.2, -0.15) is 13.8 Å². The fourth-order valence-corrected chi connectivity index (χ4v) is 2.12. The lowest BCUT2D eigenvalue weighted by Crippen LogP contribution is -2.19. The zero-order valence-corrected chi connectivity index (χ0v) is 13.3. The molecule has 0 aliphatic carbocycles. The highest BCUT2D eigenvalue weighted by Crippen LogP contribution is 2.26. The molecule has 0 aliphatic heterocycles. The summed E-state index contributed by atoms with van der Waals surface area (Å²) in [5.41, 5.74) is 6.10. The zero-order chi connectivity index (χ0) is 18.5. The van der Waals surface area contributed by atoms with E-state index in [1.807, 2.05) is 0 Å². The van der Waals surface area contributed by atoms with Crippen molar-refractivity contribution >= 4 is 5.91 Å². The lowest BCUT2D eigenvalue weighted by Gasteiger charge is -2.04. The molecular weight excluding hydrogens is 348 g/mol. The van der Waals surface area contributed by atoms with Gasteiger partial charge in [-0.15, -0.1) is 0 Å². The summed E-state index contributed by atoms with van der Waals surface area (Å²) in [5, 5.41) is 3.87.